The first-order valence-corrected chi connectivity index (χ1v) is 8.50. The molecule has 0 saturated carbocycles. The van der Waals surface area contributed by atoms with E-state index < -0.39 is 5.54 Å². The molecule has 2 heterocycles. The number of anilines is 1. The molecule has 3 aromatic rings. The minimum Gasteiger partial charge on any atom is -0.325 e. The second-order valence-electron chi connectivity index (χ2n) is 5.92. The summed E-state index contributed by atoms with van der Waals surface area (Å²) < 4.78 is 2.00. The van der Waals surface area contributed by atoms with Crippen molar-refractivity contribution >= 4 is 27.9 Å². The van der Waals surface area contributed by atoms with Gasteiger partial charge in [-0.05, 0) is 25.5 Å². The molecule has 5 nitrogen and oxygen atoms in total. The van der Waals surface area contributed by atoms with E-state index in [4.69, 9.17) is 5.73 Å². The van der Waals surface area contributed by atoms with Gasteiger partial charge in [0.05, 0.1) is 11.2 Å². The van der Waals surface area contributed by atoms with Crippen LogP contribution in [0.4, 0.5) is 5.69 Å². The Bertz CT molecular complexity index is 788. The molecule has 1 atom stereocenters. The summed E-state index contributed by atoms with van der Waals surface area (Å²) >= 11 is 1.60. The van der Waals surface area contributed by atoms with Crippen molar-refractivity contribution in [1.82, 2.24) is 9.38 Å². The number of amides is 1. The summed E-state index contributed by atoms with van der Waals surface area (Å²) in [5, 5.41) is 4.88. The highest BCUT2D eigenvalue weighted by molar-refractivity contribution is 7.15. The van der Waals surface area contributed by atoms with Gasteiger partial charge in [-0.3, -0.25) is 9.20 Å². The Labute approximate surface area is 139 Å². The Balaban J connectivity index is 1.74. The monoisotopic (exact) mass is 328 g/mol. The van der Waals surface area contributed by atoms with Gasteiger partial charge in [0.2, 0.25) is 5.91 Å². The summed E-state index contributed by atoms with van der Waals surface area (Å²) in [5.74, 6) is -0.158. The number of hydrogen-bond donors (Lipinski definition) is 2. The van der Waals surface area contributed by atoms with E-state index in [0.29, 0.717) is 6.42 Å². The van der Waals surface area contributed by atoms with Crippen LogP contribution in [0.3, 0.4) is 0 Å². The lowest BCUT2D eigenvalue weighted by atomic mass is 9.96. The number of fused-ring (bicyclic) bond motifs is 1. The highest BCUT2D eigenvalue weighted by atomic mass is 32.1. The van der Waals surface area contributed by atoms with Crippen molar-refractivity contribution in [1.29, 1.82) is 0 Å². The molecule has 23 heavy (non-hydrogen) atoms. The number of hydrogen-bond acceptors (Lipinski definition) is 4. The molecular weight excluding hydrogens is 308 g/mol. The first-order valence-electron chi connectivity index (χ1n) is 7.62. The molecule has 3 N–H and O–H groups in total. The molecule has 0 radical (unpaired) electrons. The predicted molar refractivity (Wildman–Crippen MR) is 94.6 cm³/mol. The van der Waals surface area contributed by atoms with Gasteiger partial charge in [-0.15, -0.1) is 11.3 Å². The lowest BCUT2D eigenvalue weighted by molar-refractivity contribution is -0.120. The van der Waals surface area contributed by atoms with Gasteiger partial charge < -0.3 is 11.1 Å². The minimum absolute atomic E-state index is 0.158. The van der Waals surface area contributed by atoms with Crippen molar-refractivity contribution in [3.8, 4) is 11.3 Å². The van der Waals surface area contributed by atoms with Crippen LogP contribution in [-0.2, 0) is 4.79 Å². The number of benzene rings is 1. The van der Waals surface area contributed by atoms with Crippen molar-refractivity contribution < 1.29 is 4.79 Å². The number of imidazole rings is 1. The maximum Gasteiger partial charge on any atom is 0.244 e. The van der Waals surface area contributed by atoms with E-state index in [-0.39, 0.29) is 5.91 Å². The fourth-order valence-electron chi connectivity index (χ4n) is 2.50. The van der Waals surface area contributed by atoms with Crippen LogP contribution in [-0.4, -0.2) is 20.8 Å². The van der Waals surface area contributed by atoms with Gasteiger partial charge in [0.15, 0.2) is 4.96 Å². The van der Waals surface area contributed by atoms with Crippen LogP contribution in [0.2, 0.25) is 0 Å². The molecule has 3 rings (SSSR count). The molecule has 0 bridgehead atoms. The summed E-state index contributed by atoms with van der Waals surface area (Å²) in [4.78, 5) is 17.8. The van der Waals surface area contributed by atoms with Crippen LogP contribution in [0.25, 0.3) is 16.2 Å². The average molecular weight is 328 g/mol. The lowest BCUT2D eigenvalue weighted by Gasteiger charge is -2.22. The molecular formula is C17H20N4OS. The number of aromatic nitrogens is 2. The largest absolute Gasteiger partial charge is 0.325 e. The lowest BCUT2D eigenvalue weighted by Crippen LogP contribution is -2.48. The molecule has 1 unspecified atom stereocenters. The van der Waals surface area contributed by atoms with E-state index in [9.17, 15) is 4.79 Å². The van der Waals surface area contributed by atoms with Gasteiger partial charge in [0.25, 0.3) is 0 Å². The third-order valence-electron chi connectivity index (χ3n) is 3.82. The number of nitrogens with two attached hydrogens (primary N) is 1. The first-order chi connectivity index (χ1) is 11.0. The maximum atomic E-state index is 12.2. The highest BCUT2D eigenvalue weighted by Gasteiger charge is 2.27. The van der Waals surface area contributed by atoms with E-state index in [1.807, 2.05) is 53.4 Å². The van der Waals surface area contributed by atoms with Gasteiger partial charge in [-0.1, -0.05) is 25.5 Å². The number of carbonyl (C=O) groups excluding carboxylic acids is 1. The number of thiazole rings is 1. The molecule has 6 heteroatoms. The molecule has 1 aromatic carbocycles. The molecule has 1 amide bonds. The molecule has 0 saturated heterocycles. The molecule has 0 aliphatic rings. The van der Waals surface area contributed by atoms with Crippen molar-refractivity contribution in [3.05, 3.63) is 42.0 Å². The Kier molecular flexibility index (Phi) is 4.19. The van der Waals surface area contributed by atoms with E-state index in [1.165, 1.54) is 0 Å². The van der Waals surface area contributed by atoms with Crippen molar-refractivity contribution in [3.63, 3.8) is 0 Å². The van der Waals surface area contributed by atoms with E-state index in [2.05, 4.69) is 10.3 Å². The van der Waals surface area contributed by atoms with Crippen LogP contribution in [0.5, 0.6) is 0 Å². The summed E-state index contributed by atoms with van der Waals surface area (Å²) in [6, 6.07) is 7.66. The molecule has 0 fully saturated rings. The van der Waals surface area contributed by atoms with Crippen molar-refractivity contribution in [2.45, 2.75) is 32.2 Å². The second-order valence-corrected chi connectivity index (χ2v) is 6.79. The Morgan fingerprint density at radius 3 is 2.78 bits per heavy atom. The first kappa shape index (κ1) is 15.7. The third-order valence-corrected chi connectivity index (χ3v) is 4.59. The number of carbonyl (C=O) groups is 1. The number of rotatable bonds is 5. The number of nitrogens with zero attached hydrogens (tertiary/aromatic N) is 2. The summed E-state index contributed by atoms with van der Waals surface area (Å²) in [5.41, 5.74) is 7.88. The highest BCUT2D eigenvalue weighted by Crippen LogP contribution is 2.23. The van der Waals surface area contributed by atoms with Gasteiger partial charge in [0.1, 0.15) is 0 Å². The fourth-order valence-corrected chi connectivity index (χ4v) is 3.20. The predicted octanol–water partition coefficient (Wildman–Crippen LogP) is 3.52. The summed E-state index contributed by atoms with van der Waals surface area (Å²) in [7, 11) is 0. The van der Waals surface area contributed by atoms with Crippen LogP contribution in [0.15, 0.2) is 42.0 Å². The van der Waals surface area contributed by atoms with E-state index >= 15 is 0 Å². The van der Waals surface area contributed by atoms with Crippen LogP contribution in [0.1, 0.15) is 26.7 Å². The fraction of sp³-hybridized carbons (Fsp3) is 0.294. The van der Waals surface area contributed by atoms with Crippen molar-refractivity contribution in [2.75, 3.05) is 5.32 Å². The van der Waals surface area contributed by atoms with Crippen LogP contribution >= 0.6 is 11.3 Å². The van der Waals surface area contributed by atoms with E-state index in [1.54, 1.807) is 18.3 Å². The van der Waals surface area contributed by atoms with Crippen LogP contribution < -0.4 is 11.1 Å². The zero-order chi connectivity index (χ0) is 16.4. The molecule has 120 valence electrons. The molecule has 0 aliphatic carbocycles. The topological polar surface area (TPSA) is 72.4 Å². The Morgan fingerprint density at radius 2 is 2.13 bits per heavy atom. The zero-order valence-electron chi connectivity index (χ0n) is 13.2. The molecule has 0 spiro atoms. The quantitative estimate of drug-likeness (QED) is 0.752. The Morgan fingerprint density at radius 1 is 1.39 bits per heavy atom. The van der Waals surface area contributed by atoms with Gasteiger partial charge >= 0.3 is 0 Å². The van der Waals surface area contributed by atoms with E-state index in [0.717, 1.165) is 28.3 Å². The molecule has 2 aromatic heterocycles. The Hall–Kier alpha value is -2.18. The maximum absolute atomic E-state index is 12.2. The zero-order valence-corrected chi connectivity index (χ0v) is 14.1. The summed E-state index contributed by atoms with van der Waals surface area (Å²) in [6.07, 6.45) is 5.51. The van der Waals surface area contributed by atoms with Crippen LogP contribution in [0, 0.1) is 0 Å². The smallest absolute Gasteiger partial charge is 0.244 e. The minimum atomic E-state index is -0.846. The SMILES string of the molecule is CCCC(C)(N)C(=O)Nc1ccc(-c2cn3ccsc3n2)cc1. The molecule has 0 aliphatic heterocycles. The third kappa shape index (κ3) is 3.28. The van der Waals surface area contributed by atoms with Gasteiger partial charge in [0, 0.05) is 29.0 Å². The van der Waals surface area contributed by atoms with Gasteiger partial charge in [-0.25, -0.2) is 4.98 Å². The normalized spacial score (nSPS) is 13.9. The van der Waals surface area contributed by atoms with Gasteiger partial charge in [-0.2, -0.15) is 0 Å². The summed E-state index contributed by atoms with van der Waals surface area (Å²) in [6.45, 7) is 3.78. The average Bonchev–Trinajstić information content (AvgIpc) is 3.09. The van der Waals surface area contributed by atoms with Crippen molar-refractivity contribution in [2.24, 2.45) is 5.73 Å². The second kappa shape index (κ2) is 6.14. The standard InChI is InChI=1S/C17H20N4OS/c1-3-8-17(2,18)15(22)19-13-6-4-12(5-7-13)14-11-21-9-10-23-16(21)20-14/h4-7,9-11H,3,8,18H2,1-2H3,(H,19,22). The number of nitrogens with one attached hydrogen (secondary N) is 1.